The molecule has 1 aromatic carbocycles. The summed E-state index contributed by atoms with van der Waals surface area (Å²) in [6.07, 6.45) is 0.426. The lowest BCUT2D eigenvalue weighted by atomic mass is 9.76. The molecule has 180 valence electrons. The van der Waals surface area contributed by atoms with Crippen molar-refractivity contribution in [2.75, 3.05) is 31.6 Å². The Balaban J connectivity index is 1.49. The maximum absolute atomic E-state index is 13.4. The number of carbonyl (C=O) groups is 2. The van der Waals surface area contributed by atoms with Crippen LogP contribution in [0.4, 0.5) is 18.9 Å². The fraction of sp³-hybridized carbons (Fsp3) is 0.478. The second kappa shape index (κ2) is 9.00. The predicted molar refractivity (Wildman–Crippen MR) is 116 cm³/mol. The van der Waals surface area contributed by atoms with Crippen LogP contribution >= 0.6 is 0 Å². The number of nitriles is 1. The average molecular weight is 474 g/mol. The molecule has 2 aliphatic heterocycles. The smallest absolute Gasteiger partial charge is 0.371 e. The molecule has 0 saturated carbocycles. The van der Waals surface area contributed by atoms with Gasteiger partial charge in [0.1, 0.15) is 12.6 Å². The summed E-state index contributed by atoms with van der Waals surface area (Å²) < 4.78 is 41.6. The van der Waals surface area contributed by atoms with Gasteiger partial charge in [-0.1, -0.05) is 0 Å². The molecule has 2 fully saturated rings. The highest BCUT2D eigenvalue weighted by atomic mass is 19.4. The fourth-order valence-corrected chi connectivity index (χ4v) is 5.01. The minimum absolute atomic E-state index is 0.0359. The zero-order valence-corrected chi connectivity index (χ0v) is 18.7. The van der Waals surface area contributed by atoms with Crippen molar-refractivity contribution < 1.29 is 22.8 Å². The Morgan fingerprint density at radius 1 is 1.29 bits per heavy atom. The van der Waals surface area contributed by atoms with Crippen molar-refractivity contribution in [2.45, 2.75) is 38.0 Å². The molecule has 2 amide bonds. The largest absolute Gasteiger partial charge is 0.417 e. The summed E-state index contributed by atoms with van der Waals surface area (Å²) in [5.41, 5.74) is -1.22. The Morgan fingerprint density at radius 3 is 2.62 bits per heavy atom. The summed E-state index contributed by atoms with van der Waals surface area (Å²) >= 11 is 0. The number of alkyl halides is 3. The Kier molecular flexibility index (Phi) is 6.25. The minimum Gasteiger partial charge on any atom is -0.371 e. The monoisotopic (exact) mass is 474 g/mol. The number of anilines is 1. The topological polar surface area (TPSA) is 94.3 Å². The van der Waals surface area contributed by atoms with Gasteiger partial charge in [-0.05, 0) is 48.9 Å². The lowest BCUT2D eigenvalue weighted by Gasteiger charge is -2.40. The molecular formula is C23H25F3N6O2. The van der Waals surface area contributed by atoms with Crippen LogP contribution in [0.25, 0.3) is 0 Å². The van der Waals surface area contributed by atoms with E-state index in [4.69, 9.17) is 5.26 Å². The molecule has 1 atom stereocenters. The van der Waals surface area contributed by atoms with Crippen LogP contribution in [0.5, 0.6) is 0 Å². The van der Waals surface area contributed by atoms with Gasteiger partial charge in [-0.25, -0.2) is 0 Å². The van der Waals surface area contributed by atoms with Crippen molar-refractivity contribution in [3.63, 3.8) is 0 Å². The van der Waals surface area contributed by atoms with Crippen molar-refractivity contribution in [3.8, 4) is 6.07 Å². The van der Waals surface area contributed by atoms with Crippen molar-refractivity contribution >= 4 is 17.5 Å². The molecule has 8 nitrogen and oxygen atoms in total. The van der Waals surface area contributed by atoms with Gasteiger partial charge in [-0.3, -0.25) is 14.3 Å². The van der Waals surface area contributed by atoms with Gasteiger partial charge in [0.2, 0.25) is 11.8 Å². The number of amides is 2. The number of nitrogens with zero attached hydrogens (tertiary/aromatic N) is 5. The van der Waals surface area contributed by atoms with Crippen LogP contribution in [-0.4, -0.2) is 59.2 Å². The number of rotatable bonds is 4. The van der Waals surface area contributed by atoms with Crippen LogP contribution in [0.2, 0.25) is 0 Å². The fourth-order valence-electron chi connectivity index (χ4n) is 5.01. The summed E-state index contributed by atoms with van der Waals surface area (Å²) in [4.78, 5) is 29.0. The first-order valence-corrected chi connectivity index (χ1v) is 11.0. The quantitative estimate of drug-likeness (QED) is 0.735. The molecule has 11 heteroatoms. The molecule has 0 aliphatic carbocycles. The standard InChI is InChI=1S/C23H25F3N6O2/c1-28-21(34)19-12-22(15-32(19)20(33)14-31-8-2-7-29-31)5-9-30(10-6-22)17-4-3-16(13-27)18(11-17)23(24,25)26/h2-4,7-8,11,19H,5-6,9-10,12,14-15H2,1H3,(H,28,34). The number of nitrogens with one attached hydrogen (secondary N) is 1. The predicted octanol–water partition coefficient (Wildman–Crippen LogP) is 2.41. The zero-order valence-electron chi connectivity index (χ0n) is 18.7. The number of carbonyl (C=O) groups excluding carboxylic acids is 2. The number of hydrogen-bond donors (Lipinski definition) is 1. The van der Waals surface area contributed by atoms with Gasteiger partial charge in [0, 0.05) is 44.8 Å². The molecule has 2 saturated heterocycles. The van der Waals surface area contributed by atoms with Crippen molar-refractivity contribution in [1.29, 1.82) is 5.26 Å². The Hall–Kier alpha value is -3.55. The van der Waals surface area contributed by atoms with Crippen LogP contribution in [0.15, 0.2) is 36.7 Å². The number of hydrogen-bond acceptors (Lipinski definition) is 5. The van der Waals surface area contributed by atoms with Crippen LogP contribution in [0.1, 0.15) is 30.4 Å². The van der Waals surface area contributed by atoms with E-state index in [0.717, 1.165) is 6.07 Å². The lowest BCUT2D eigenvalue weighted by molar-refractivity contribution is -0.139. The maximum Gasteiger partial charge on any atom is 0.417 e. The van der Waals surface area contributed by atoms with E-state index in [1.165, 1.54) is 23.9 Å². The number of aromatic nitrogens is 2. The SMILES string of the molecule is CNC(=O)C1CC2(CCN(c3ccc(C#N)c(C(F)(F)F)c3)CC2)CN1C(=O)Cn1cccn1. The van der Waals surface area contributed by atoms with E-state index in [2.05, 4.69) is 10.4 Å². The van der Waals surface area contributed by atoms with Crippen LogP contribution < -0.4 is 10.2 Å². The van der Waals surface area contributed by atoms with Gasteiger partial charge >= 0.3 is 6.18 Å². The first-order chi connectivity index (χ1) is 16.2. The highest BCUT2D eigenvalue weighted by Gasteiger charge is 2.49. The third-order valence-electron chi connectivity index (χ3n) is 6.85. The normalized spacial score (nSPS) is 19.8. The van der Waals surface area contributed by atoms with Gasteiger partial charge in [0.05, 0.1) is 17.2 Å². The highest BCUT2D eigenvalue weighted by molar-refractivity contribution is 5.88. The maximum atomic E-state index is 13.4. The number of halogens is 3. The van der Waals surface area contributed by atoms with E-state index in [9.17, 15) is 22.8 Å². The second-order valence-corrected chi connectivity index (χ2v) is 8.89. The molecule has 2 aromatic rings. The third-order valence-corrected chi connectivity index (χ3v) is 6.85. The molecule has 0 radical (unpaired) electrons. The molecule has 0 bridgehead atoms. The number of likely N-dealkylation sites (N-methyl/N-ethyl adjacent to an activating group) is 1. The van der Waals surface area contributed by atoms with E-state index < -0.39 is 23.3 Å². The van der Waals surface area contributed by atoms with Gasteiger partial charge in [0.15, 0.2) is 0 Å². The van der Waals surface area contributed by atoms with Gasteiger partial charge in [-0.15, -0.1) is 0 Å². The van der Waals surface area contributed by atoms with Gasteiger partial charge < -0.3 is 15.1 Å². The van der Waals surface area contributed by atoms with Crippen LogP contribution in [-0.2, 0) is 22.3 Å². The molecular weight excluding hydrogens is 449 g/mol. The number of benzene rings is 1. The van der Waals surface area contributed by atoms with E-state index in [1.54, 1.807) is 29.4 Å². The van der Waals surface area contributed by atoms with Gasteiger partial charge in [0.25, 0.3) is 0 Å². The third kappa shape index (κ3) is 4.58. The highest BCUT2D eigenvalue weighted by Crippen LogP contribution is 2.45. The van der Waals surface area contributed by atoms with Crippen molar-refractivity contribution in [2.24, 2.45) is 5.41 Å². The number of piperidine rings is 1. The van der Waals surface area contributed by atoms with E-state index in [1.807, 2.05) is 4.90 Å². The summed E-state index contributed by atoms with van der Waals surface area (Å²) in [5, 5.41) is 15.7. The Bertz CT molecular complexity index is 1100. The molecule has 34 heavy (non-hydrogen) atoms. The number of likely N-dealkylation sites (tertiary alicyclic amines) is 1. The molecule has 1 unspecified atom stereocenters. The minimum atomic E-state index is -4.61. The Labute approximate surface area is 194 Å². The van der Waals surface area contributed by atoms with Crippen molar-refractivity contribution in [1.82, 2.24) is 20.0 Å². The molecule has 4 rings (SSSR count). The Morgan fingerprint density at radius 2 is 2.03 bits per heavy atom. The van der Waals surface area contributed by atoms with E-state index in [0.29, 0.717) is 44.6 Å². The van der Waals surface area contributed by atoms with Crippen LogP contribution in [0, 0.1) is 16.7 Å². The van der Waals surface area contributed by atoms with Gasteiger partial charge in [-0.2, -0.15) is 23.5 Å². The first kappa shape index (κ1) is 23.6. The molecule has 2 aliphatic rings. The first-order valence-electron chi connectivity index (χ1n) is 11.0. The molecule has 3 heterocycles. The van der Waals surface area contributed by atoms with Crippen molar-refractivity contribution in [3.05, 3.63) is 47.8 Å². The molecule has 1 spiro atoms. The molecule has 1 aromatic heterocycles. The average Bonchev–Trinajstić information content (AvgIpc) is 3.46. The molecule has 1 N–H and O–H groups in total. The lowest BCUT2D eigenvalue weighted by Crippen LogP contribution is -2.46. The zero-order chi connectivity index (χ0) is 24.5. The van der Waals surface area contributed by atoms with E-state index >= 15 is 0 Å². The summed E-state index contributed by atoms with van der Waals surface area (Å²) in [6, 6.07) is 6.50. The second-order valence-electron chi connectivity index (χ2n) is 8.89. The summed E-state index contributed by atoms with van der Waals surface area (Å²) in [7, 11) is 1.54. The van der Waals surface area contributed by atoms with E-state index in [-0.39, 0.29) is 23.8 Å². The van der Waals surface area contributed by atoms with Crippen LogP contribution in [0.3, 0.4) is 0 Å². The summed E-state index contributed by atoms with van der Waals surface area (Å²) in [6.45, 7) is 1.43. The summed E-state index contributed by atoms with van der Waals surface area (Å²) in [5.74, 6) is -0.423.